The van der Waals surface area contributed by atoms with E-state index in [1.807, 2.05) is 13.0 Å². The van der Waals surface area contributed by atoms with Gasteiger partial charge >= 0.3 is 0 Å². The highest BCUT2D eigenvalue weighted by atomic mass is 16.3. The van der Waals surface area contributed by atoms with Gasteiger partial charge in [0.15, 0.2) is 0 Å². The zero-order valence-corrected chi connectivity index (χ0v) is 10.0. The van der Waals surface area contributed by atoms with Crippen molar-refractivity contribution in [3.05, 3.63) is 24.0 Å². The summed E-state index contributed by atoms with van der Waals surface area (Å²) >= 11 is 0. The number of amides is 1. The summed E-state index contributed by atoms with van der Waals surface area (Å²) < 4.78 is 1.74. The number of aliphatic hydroxyl groups is 1. The van der Waals surface area contributed by atoms with Crippen LogP contribution < -0.4 is 5.32 Å². The van der Waals surface area contributed by atoms with Gasteiger partial charge in [0, 0.05) is 12.4 Å². The van der Waals surface area contributed by atoms with Gasteiger partial charge in [-0.05, 0) is 18.1 Å². The lowest BCUT2D eigenvalue weighted by Crippen LogP contribution is -2.27. The Morgan fingerprint density at radius 2 is 2.47 bits per heavy atom. The van der Waals surface area contributed by atoms with Crippen LogP contribution in [0.1, 0.15) is 31.4 Å². The highest BCUT2D eigenvalue weighted by Gasteiger charge is 2.09. The Kier molecular flexibility index (Phi) is 5.31. The Labute approximate surface area is 102 Å². The van der Waals surface area contributed by atoms with E-state index in [2.05, 4.69) is 11.2 Å². The lowest BCUT2D eigenvalue weighted by molar-refractivity contribution is -0.121. The van der Waals surface area contributed by atoms with E-state index in [4.69, 9.17) is 6.42 Å². The summed E-state index contributed by atoms with van der Waals surface area (Å²) in [5.74, 6) is 2.21. The number of hydrogen-bond donors (Lipinski definition) is 2. The molecule has 1 amide bonds. The van der Waals surface area contributed by atoms with Crippen LogP contribution in [-0.4, -0.2) is 22.1 Å². The molecule has 2 N–H and O–H groups in total. The largest absolute Gasteiger partial charge is 0.388 e. The number of aromatic nitrogens is 1. The number of aliphatic hydroxyl groups excluding tert-OH is 1. The summed E-state index contributed by atoms with van der Waals surface area (Å²) in [6.45, 7) is 2.49. The van der Waals surface area contributed by atoms with Crippen LogP contribution in [-0.2, 0) is 11.3 Å². The highest BCUT2D eigenvalue weighted by Crippen LogP contribution is 2.18. The van der Waals surface area contributed by atoms with Crippen LogP contribution in [0.25, 0.3) is 0 Å². The molecule has 4 nitrogen and oxygen atoms in total. The van der Waals surface area contributed by atoms with Crippen molar-refractivity contribution in [2.24, 2.45) is 0 Å². The second-order valence-electron chi connectivity index (χ2n) is 3.90. The average Bonchev–Trinajstić information content (AvgIpc) is 2.75. The summed E-state index contributed by atoms with van der Waals surface area (Å²) in [5.41, 5.74) is 0.844. The standard InChI is InChI=1S/C13H18N2O2/c1-3-5-12(16)11-6-8-15(9-11)10-13(17)14-7-4-2/h2,6,8-9,12,16H,3,5,7,10H2,1H3,(H,14,17). The number of carbonyl (C=O) groups is 1. The predicted molar refractivity (Wildman–Crippen MR) is 66.1 cm³/mol. The molecule has 0 aromatic carbocycles. The van der Waals surface area contributed by atoms with Crippen molar-refractivity contribution in [1.82, 2.24) is 9.88 Å². The zero-order chi connectivity index (χ0) is 12.7. The van der Waals surface area contributed by atoms with E-state index in [1.54, 1.807) is 17.0 Å². The second-order valence-corrected chi connectivity index (χ2v) is 3.90. The molecular formula is C13H18N2O2. The van der Waals surface area contributed by atoms with Crippen LogP contribution in [0.2, 0.25) is 0 Å². The molecule has 0 saturated carbocycles. The van der Waals surface area contributed by atoms with Gasteiger partial charge < -0.3 is 15.0 Å². The molecule has 0 saturated heterocycles. The molecule has 1 atom stereocenters. The third kappa shape index (κ3) is 4.33. The molecule has 0 radical (unpaired) electrons. The third-order valence-corrected chi connectivity index (χ3v) is 2.43. The van der Waals surface area contributed by atoms with Crippen LogP contribution in [0.5, 0.6) is 0 Å². The van der Waals surface area contributed by atoms with Gasteiger partial charge in [-0.15, -0.1) is 6.42 Å². The molecule has 4 heteroatoms. The van der Waals surface area contributed by atoms with Crippen molar-refractivity contribution < 1.29 is 9.90 Å². The van der Waals surface area contributed by atoms with Gasteiger partial charge in [-0.3, -0.25) is 4.79 Å². The van der Waals surface area contributed by atoms with Gasteiger partial charge in [-0.25, -0.2) is 0 Å². The molecule has 17 heavy (non-hydrogen) atoms. The van der Waals surface area contributed by atoms with Crippen molar-refractivity contribution in [2.75, 3.05) is 6.54 Å². The molecule has 1 aromatic rings. The highest BCUT2D eigenvalue weighted by molar-refractivity contribution is 5.76. The fourth-order valence-corrected chi connectivity index (χ4v) is 1.57. The molecule has 1 unspecified atom stereocenters. The van der Waals surface area contributed by atoms with Crippen LogP contribution in [0.4, 0.5) is 0 Å². The molecule has 1 aromatic heterocycles. The van der Waals surface area contributed by atoms with Crippen LogP contribution in [0.15, 0.2) is 18.5 Å². The molecule has 0 spiro atoms. The summed E-state index contributed by atoms with van der Waals surface area (Å²) in [6, 6.07) is 1.83. The van der Waals surface area contributed by atoms with Crippen molar-refractivity contribution >= 4 is 5.91 Å². The molecule has 0 bridgehead atoms. The maximum absolute atomic E-state index is 11.4. The maximum atomic E-state index is 11.4. The van der Waals surface area contributed by atoms with E-state index >= 15 is 0 Å². The quantitative estimate of drug-likeness (QED) is 0.723. The van der Waals surface area contributed by atoms with Gasteiger partial charge in [-0.1, -0.05) is 19.3 Å². The molecule has 0 aliphatic carbocycles. The number of carbonyl (C=O) groups excluding carboxylic acids is 1. The van der Waals surface area contributed by atoms with E-state index in [0.29, 0.717) is 0 Å². The zero-order valence-electron chi connectivity index (χ0n) is 10.0. The van der Waals surface area contributed by atoms with Crippen molar-refractivity contribution in [3.63, 3.8) is 0 Å². The van der Waals surface area contributed by atoms with E-state index in [0.717, 1.165) is 18.4 Å². The van der Waals surface area contributed by atoms with Gasteiger partial charge in [0.2, 0.25) is 5.91 Å². The first-order chi connectivity index (χ1) is 8.17. The third-order valence-electron chi connectivity index (χ3n) is 2.43. The Bertz CT molecular complexity index is 404. The Morgan fingerprint density at radius 3 is 3.12 bits per heavy atom. The molecule has 0 aliphatic rings. The van der Waals surface area contributed by atoms with E-state index < -0.39 is 6.10 Å². The van der Waals surface area contributed by atoms with Crippen molar-refractivity contribution in [3.8, 4) is 12.3 Å². The summed E-state index contributed by atoms with van der Waals surface area (Å²) in [4.78, 5) is 11.4. The van der Waals surface area contributed by atoms with Gasteiger partial charge in [0.25, 0.3) is 0 Å². The minimum Gasteiger partial charge on any atom is -0.388 e. The summed E-state index contributed by atoms with van der Waals surface area (Å²) in [6.07, 6.45) is 9.82. The fourth-order valence-electron chi connectivity index (χ4n) is 1.57. The summed E-state index contributed by atoms with van der Waals surface area (Å²) in [5, 5.41) is 12.4. The normalized spacial score (nSPS) is 11.8. The first kappa shape index (κ1) is 13.3. The Balaban J connectivity index is 2.51. The first-order valence-electron chi connectivity index (χ1n) is 5.71. The fraction of sp³-hybridized carbons (Fsp3) is 0.462. The van der Waals surface area contributed by atoms with Crippen molar-refractivity contribution in [1.29, 1.82) is 0 Å². The molecule has 1 rings (SSSR count). The number of nitrogens with zero attached hydrogens (tertiary/aromatic N) is 1. The number of terminal acetylenes is 1. The smallest absolute Gasteiger partial charge is 0.240 e. The molecular weight excluding hydrogens is 216 g/mol. The number of hydrogen-bond acceptors (Lipinski definition) is 2. The second kappa shape index (κ2) is 6.77. The Hall–Kier alpha value is -1.73. The summed E-state index contributed by atoms with van der Waals surface area (Å²) in [7, 11) is 0. The molecule has 0 fully saturated rings. The first-order valence-corrected chi connectivity index (χ1v) is 5.71. The number of nitrogens with one attached hydrogen (secondary N) is 1. The van der Waals surface area contributed by atoms with E-state index in [-0.39, 0.29) is 19.0 Å². The topological polar surface area (TPSA) is 54.3 Å². The van der Waals surface area contributed by atoms with E-state index in [9.17, 15) is 9.90 Å². The Morgan fingerprint density at radius 1 is 1.71 bits per heavy atom. The minimum atomic E-state index is -0.449. The van der Waals surface area contributed by atoms with Gasteiger partial charge in [-0.2, -0.15) is 0 Å². The SMILES string of the molecule is C#CCNC(=O)Cn1ccc(C(O)CCC)c1. The minimum absolute atomic E-state index is 0.130. The number of rotatable bonds is 6. The molecule has 92 valence electrons. The predicted octanol–water partition coefficient (Wildman–Crippen LogP) is 1.07. The lowest BCUT2D eigenvalue weighted by Gasteiger charge is -2.06. The van der Waals surface area contributed by atoms with Crippen LogP contribution >= 0.6 is 0 Å². The van der Waals surface area contributed by atoms with Crippen molar-refractivity contribution in [2.45, 2.75) is 32.4 Å². The average molecular weight is 234 g/mol. The van der Waals surface area contributed by atoms with E-state index in [1.165, 1.54) is 0 Å². The molecule has 1 heterocycles. The molecule has 0 aliphatic heterocycles. The lowest BCUT2D eigenvalue weighted by atomic mass is 10.1. The van der Waals surface area contributed by atoms with Crippen LogP contribution in [0, 0.1) is 12.3 Å². The monoisotopic (exact) mass is 234 g/mol. The van der Waals surface area contributed by atoms with Gasteiger partial charge in [0.05, 0.1) is 12.6 Å². The van der Waals surface area contributed by atoms with Gasteiger partial charge in [0.1, 0.15) is 6.54 Å². The van der Waals surface area contributed by atoms with Crippen LogP contribution in [0.3, 0.4) is 0 Å². The maximum Gasteiger partial charge on any atom is 0.240 e.